The Morgan fingerprint density at radius 2 is 1.68 bits per heavy atom. The van der Waals surface area contributed by atoms with E-state index in [9.17, 15) is 22.8 Å². The Balaban J connectivity index is 2.88. The van der Waals surface area contributed by atoms with Crippen LogP contribution < -0.4 is 5.32 Å². The van der Waals surface area contributed by atoms with E-state index in [4.69, 9.17) is 4.74 Å². The van der Waals surface area contributed by atoms with E-state index in [0.29, 0.717) is 5.56 Å². The summed E-state index contributed by atoms with van der Waals surface area (Å²) < 4.78 is 42.8. The molecule has 1 atom stereocenters. The molecule has 22 heavy (non-hydrogen) atoms. The van der Waals surface area contributed by atoms with Crippen molar-refractivity contribution in [3.63, 3.8) is 0 Å². The van der Waals surface area contributed by atoms with Gasteiger partial charge in [0.15, 0.2) is 0 Å². The maximum Gasteiger partial charge on any atom is 0.452 e. The lowest BCUT2D eigenvalue weighted by Gasteiger charge is -2.23. The van der Waals surface area contributed by atoms with Crippen LogP contribution in [0.2, 0.25) is 0 Å². The van der Waals surface area contributed by atoms with E-state index in [1.807, 2.05) is 5.32 Å². The molecular formula is C15H18F3NO3. The van der Waals surface area contributed by atoms with Crippen LogP contribution in [0.3, 0.4) is 0 Å². The molecule has 0 saturated heterocycles. The summed E-state index contributed by atoms with van der Waals surface area (Å²) in [5, 5.41) is 2.00. The zero-order valence-electron chi connectivity index (χ0n) is 12.5. The SMILES string of the molecule is CC(C)(C)OC(=O)N[C@@H](Cc1ccccc1)C(=O)C(F)(F)F. The summed E-state index contributed by atoms with van der Waals surface area (Å²) in [6.07, 6.45) is -6.36. The summed E-state index contributed by atoms with van der Waals surface area (Å²) in [6, 6.07) is 6.40. The van der Waals surface area contributed by atoms with Gasteiger partial charge >= 0.3 is 12.3 Å². The van der Waals surface area contributed by atoms with Gasteiger partial charge < -0.3 is 10.1 Å². The second kappa shape index (κ2) is 6.81. The van der Waals surface area contributed by atoms with Crippen LogP contribution in [-0.4, -0.2) is 29.7 Å². The molecule has 122 valence electrons. The Morgan fingerprint density at radius 3 is 2.14 bits per heavy atom. The van der Waals surface area contributed by atoms with Crippen molar-refractivity contribution >= 4 is 11.9 Å². The molecule has 0 aliphatic rings. The van der Waals surface area contributed by atoms with Gasteiger partial charge in [0.05, 0.1) is 0 Å². The van der Waals surface area contributed by atoms with E-state index in [2.05, 4.69) is 0 Å². The van der Waals surface area contributed by atoms with Crippen molar-refractivity contribution in [1.29, 1.82) is 0 Å². The molecule has 0 aromatic heterocycles. The highest BCUT2D eigenvalue weighted by Crippen LogP contribution is 2.20. The minimum atomic E-state index is -5.03. The number of carbonyl (C=O) groups is 2. The number of halogens is 3. The molecule has 0 aliphatic carbocycles. The molecule has 1 N–H and O–H groups in total. The van der Waals surface area contributed by atoms with E-state index < -0.39 is 29.7 Å². The van der Waals surface area contributed by atoms with Crippen molar-refractivity contribution in [2.75, 3.05) is 0 Å². The van der Waals surface area contributed by atoms with Gasteiger partial charge in [-0.1, -0.05) is 30.3 Å². The van der Waals surface area contributed by atoms with Gasteiger partial charge in [0.1, 0.15) is 11.6 Å². The van der Waals surface area contributed by atoms with Gasteiger partial charge in [-0.2, -0.15) is 13.2 Å². The summed E-state index contributed by atoms with van der Waals surface area (Å²) in [5.74, 6) is -2.01. The number of nitrogens with one attached hydrogen (secondary N) is 1. The number of ketones is 1. The van der Waals surface area contributed by atoms with Gasteiger partial charge in [0.25, 0.3) is 5.78 Å². The minimum absolute atomic E-state index is 0.265. The Bertz CT molecular complexity index is 521. The summed E-state index contributed by atoms with van der Waals surface area (Å²) in [7, 11) is 0. The smallest absolute Gasteiger partial charge is 0.444 e. The fraction of sp³-hybridized carbons (Fsp3) is 0.467. The van der Waals surface area contributed by atoms with Crippen LogP contribution in [0, 0.1) is 0 Å². The molecule has 7 heteroatoms. The van der Waals surface area contributed by atoms with Crippen molar-refractivity contribution in [3.8, 4) is 0 Å². The zero-order valence-corrected chi connectivity index (χ0v) is 12.5. The Kier molecular flexibility index (Phi) is 5.57. The number of rotatable bonds is 4. The largest absolute Gasteiger partial charge is 0.452 e. The van der Waals surface area contributed by atoms with Crippen molar-refractivity contribution in [1.82, 2.24) is 5.32 Å². The van der Waals surface area contributed by atoms with Gasteiger partial charge in [-0.15, -0.1) is 0 Å². The van der Waals surface area contributed by atoms with Crippen molar-refractivity contribution in [2.45, 2.75) is 45.0 Å². The number of benzene rings is 1. The van der Waals surface area contributed by atoms with Gasteiger partial charge in [0.2, 0.25) is 0 Å². The quantitative estimate of drug-likeness (QED) is 0.927. The second-order valence-corrected chi connectivity index (χ2v) is 5.75. The van der Waals surface area contributed by atoms with E-state index >= 15 is 0 Å². The topological polar surface area (TPSA) is 55.4 Å². The predicted molar refractivity (Wildman–Crippen MR) is 74.4 cm³/mol. The monoisotopic (exact) mass is 317 g/mol. The molecule has 0 bridgehead atoms. The molecular weight excluding hydrogens is 299 g/mol. The third kappa shape index (κ3) is 6.15. The number of ether oxygens (including phenoxy) is 1. The van der Waals surface area contributed by atoms with Crippen LogP contribution in [0.1, 0.15) is 26.3 Å². The number of Topliss-reactive ketones (excluding diaryl/α,β-unsaturated/α-hetero) is 1. The maximum absolute atomic E-state index is 12.6. The Hall–Kier alpha value is -2.05. The number of alkyl halides is 3. The summed E-state index contributed by atoms with van der Waals surface area (Å²) in [6.45, 7) is 4.72. The Labute approximate surface area is 126 Å². The number of carbonyl (C=O) groups excluding carboxylic acids is 2. The van der Waals surface area contributed by atoms with E-state index in [0.717, 1.165) is 0 Å². The van der Waals surface area contributed by atoms with Crippen molar-refractivity contribution < 1.29 is 27.5 Å². The van der Waals surface area contributed by atoms with Crippen molar-refractivity contribution in [2.24, 2.45) is 0 Å². The van der Waals surface area contributed by atoms with Gasteiger partial charge in [-0.3, -0.25) is 4.79 Å². The van der Waals surface area contributed by atoms with E-state index in [1.54, 1.807) is 51.1 Å². The third-order valence-electron chi connectivity index (χ3n) is 2.57. The first-order chi connectivity index (χ1) is 9.99. The summed E-state index contributed by atoms with van der Waals surface area (Å²) >= 11 is 0. The van der Waals surface area contributed by atoms with Crippen LogP contribution in [-0.2, 0) is 16.0 Å². The number of hydrogen-bond acceptors (Lipinski definition) is 3. The first-order valence-electron chi connectivity index (χ1n) is 6.63. The van der Waals surface area contributed by atoms with Crippen LogP contribution in [0.4, 0.5) is 18.0 Å². The number of amides is 1. The van der Waals surface area contributed by atoms with Crippen LogP contribution in [0.25, 0.3) is 0 Å². The minimum Gasteiger partial charge on any atom is -0.444 e. The fourth-order valence-electron chi connectivity index (χ4n) is 1.71. The van der Waals surface area contributed by atoms with Crippen LogP contribution in [0.5, 0.6) is 0 Å². The maximum atomic E-state index is 12.6. The lowest BCUT2D eigenvalue weighted by molar-refractivity contribution is -0.173. The van der Waals surface area contributed by atoms with Crippen LogP contribution in [0.15, 0.2) is 30.3 Å². The summed E-state index contributed by atoms with van der Waals surface area (Å²) in [4.78, 5) is 23.1. The van der Waals surface area contributed by atoms with E-state index in [1.165, 1.54) is 0 Å². The molecule has 0 spiro atoms. The fourth-order valence-corrected chi connectivity index (χ4v) is 1.71. The predicted octanol–water partition coefficient (Wildman–Crippen LogP) is 3.25. The molecule has 0 heterocycles. The molecule has 0 radical (unpaired) electrons. The Morgan fingerprint density at radius 1 is 1.14 bits per heavy atom. The molecule has 0 unspecified atom stereocenters. The molecule has 0 aliphatic heterocycles. The molecule has 0 saturated carbocycles. The van der Waals surface area contributed by atoms with Gasteiger partial charge in [-0.05, 0) is 26.3 Å². The molecule has 1 aromatic carbocycles. The lowest BCUT2D eigenvalue weighted by atomic mass is 10.0. The molecule has 4 nitrogen and oxygen atoms in total. The first kappa shape index (κ1) is 18.0. The number of alkyl carbamates (subject to hydrolysis) is 1. The van der Waals surface area contributed by atoms with Crippen LogP contribution >= 0.6 is 0 Å². The molecule has 1 amide bonds. The summed E-state index contributed by atoms with van der Waals surface area (Å²) in [5.41, 5.74) is -0.371. The van der Waals surface area contributed by atoms with E-state index in [-0.39, 0.29) is 6.42 Å². The highest BCUT2D eigenvalue weighted by Gasteiger charge is 2.44. The van der Waals surface area contributed by atoms with Gasteiger partial charge in [0, 0.05) is 6.42 Å². The second-order valence-electron chi connectivity index (χ2n) is 5.75. The molecule has 1 rings (SSSR count). The molecule has 0 fully saturated rings. The molecule has 1 aromatic rings. The first-order valence-corrected chi connectivity index (χ1v) is 6.63. The average Bonchev–Trinajstić information content (AvgIpc) is 2.35. The normalized spacial score (nSPS) is 13.4. The highest BCUT2D eigenvalue weighted by atomic mass is 19.4. The standard InChI is InChI=1S/C15H18F3NO3/c1-14(2,3)22-13(21)19-11(12(20)15(16,17)18)9-10-7-5-4-6-8-10/h4-8,11H,9H2,1-3H3,(H,19,21)/t11-/m0/s1. The van der Waals surface area contributed by atoms with Gasteiger partial charge in [-0.25, -0.2) is 4.79 Å². The average molecular weight is 317 g/mol. The zero-order chi connectivity index (χ0) is 17.0. The number of hydrogen-bond donors (Lipinski definition) is 1. The highest BCUT2D eigenvalue weighted by molar-refractivity contribution is 5.91. The lowest BCUT2D eigenvalue weighted by Crippen LogP contribution is -2.49. The van der Waals surface area contributed by atoms with Crippen molar-refractivity contribution in [3.05, 3.63) is 35.9 Å². The third-order valence-corrected chi connectivity index (χ3v) is 2.57.